The van der Waals surface area contributed by atoms with Gasteiger partial charge >= 0.3 is 0 Å². The predicted molar refractivity (Wildman–Crippen MR) is 110 cm³/mol. The zero-order valence-electron chi connectivity index (χ0n) is 17.1. The highest BCUT2D eigenvalue weighted by Gasteiger charge is 2.46. The summed E-state index contributed by atoms with van der Waals surface area (Å²) in [5, 5.41) is 11.1. The number of carbonyl (C=O) groups is 2. The number of aliphatic hydroxyl groups is 1. The summed E-state index contributed by atoms with van der Waals surface area (Å²) >= 11 is 0. The number of hydrogen-bond acceptors (Lipinski definition) is 5. The van der Waals surface area contributed by atoms with E-state index in [0.29, 0.717) is 11.3 Å². The Morgan fingerprint density at radius 2 is 1.79 bits per heavy atom. The molecule has 152 valence electrons. The third kappa shape index (κ3) is 3.76. The number of nitrogens with zero attached hydrogens (tertiary/aromatic N) is 1. The van der Waals surface area contributed by atoms with E-state index in [1.165, 1.54) is 4.90 Å². The molecule has 2 aromatic carbocycles. The number of carbonyl (C=O) groups excluding carboxylic acids is 2. The second-order valence-electron chi connectivity index (χ2n) is 7.02. The summed E-state index contributed by atoms with van der Waals surface area (Å²) in [4.78, 5) is 27.2. The summed E-state index contributed by atoms with van der Waals surface area (Å²) in [7, 11) is 3.11. The molecule has 0 saturated carbocycles. The average molecular weight is 395 g/mol. The molecule has 0 spiro atoms. The van der Waals surface area contributed by atoms with Gasteiger partial charge in [0, 0.05) is 19.2 Å². The highest BCUT2D eigenvalue weighted by Crippen LogP contribution is 2.41. The summed E-state index contributed by atoms with van der Waals surface area (Å²) in [5.74, 6) is -0.864. The van der Waals surface area contributed by atoms with Crippen molar-refractivity contribution >= 4 is 17.4 Å². The standard InChI is InChI=1S/C23H25NO5/c1-14-7-5-6-8-17(14)20-19(22(26)23(27)24(20)11-12-28-3)21(25)18-10-9-16(29-4)13-15(18)2/h5-10,13,20,25H,11-12H2,1-4H3/b21-19+. The lowest BCUT2D eigenvalue weighted by atomic mass is 9.91. The molecule has 1 fully saturated rings. The number of rotatable bonds is 6. The van der Waals surface area contributed by atoms with Crippen LogP contribution in [0.5, 0.6) is 5.75 Å². The fourth-order valence-electron chi connectivity index (χ4n) is 3.69. The molecule has 0 aliphatic carbocycles. The van der Waals surface area contributed by atoms with Crippen LogP contribution in [0, 0.1) is 13.8 Å². The van der Waals surface area contributed by atoms with Crippen LogP contribution in [0.15, 0.2) is 48.0 Å². The van der Waals surface area contributed by atoms with E-state index in [1.54, 1.807) is 32.4 Å². The molecule has 0 aromatic heterocycles. The first-order valence-corrected chi connectivity index (χ1v) is 9.38. The molecule has 1 atom stereocenters. The Morgan fingerprint density at radius 1 is 1.07 bits per heavy atom. The smallest absolute Gasteiger partial charge is 0.295 e. The van der Waals surface area contributed by atoms with Crippen molar-refractivity contribution in [2.45, 2.75) is 19.9 Å². The number of amides is 1. The third-order valence-electron chi connectivity index (χ3n) is 5.25. The largest absolute Gasteiger partial charge is 0.507 e. The van der Waals surface area contributed by atoms with E-state index in [-0.39, 0.29) is 24.5 Å². The number of benzene rings is 2. The van der Waals surface area contributed by atoms with Gasteiger partial charge in [0.25, 0.3) is 11.7 Å². The monoisotopic (exact) mass is 395 g/mol. The van der Waals surface area contributed by atoms with E-state index >= 15 is 0 Å². The van der Waals surface area contributed by atoms with Gasteiger partial charge in [-0.05, 0) is 48.7 Å². The molecule has 1 aliphatic heterocycles. The molecule has 2 aromatic rings. The predicted octanol–water partition coefficient (Wildman–Crippen LogP) is 3.38. The Morgan fingerprint density at radius 3 is 2.41 bits per heavy atom. The van der Waals surface area contributed by atoms with E-state index in [4.69, 9.17) is 9.47 Å². The maximum Gasteiger partial charge on any atom is 0.295 e. The number of aliphatic hydroxyl groups excluding tert-OH is 1. The van der Waals surface area contributed by atoms with Crippen molar-refractivity contribution in [1.82, 2.24) is 4.90 Å². The number of Topliss-reactive ketones (excluding diaryl/α,β-unsaturated/α-hetero) is 1. The zero-order valence-corrected chi connectivity index (χ0v) is 17.1. The van der Waals surface area contributed by atoms with Gasteiger partial charge in [0.05, 0.1) is 25.3 Å². The van der Waals surface area contributed by atoms with Crippen LogP contribution in [0.2, 0.25) is 0 Å². The SMILES string of the molecule is COCCN1C(=O)C(=O)/C(=C(/O)c2ccc(OC)cc2C)C1c1ccccc1C. The summed E-state index contributed by atoms with van der Waals surface area (Å²) in [6, 6.07) is 12.1. The second kappa shape index (κ2) is 8.49. The van der Waals surface area contributed by atoms with Crippen molar-refractivity contribution < 1.29 is 24.2 Å². The number of aryl methyl sites for hydroxylation is 2. The first-order chi connectivity index (χ1) is 13.9. The third-order valence-corrected chi connectivity index (χ3v) is 5.25. The van der Waals surface area contributed by atoms with E-state index in [2.05, 4.69) is 0 Å². The van der Waals surface area contributed by atoms with Crippen LogP contribution in [0.4, 0.5) is 0 Å². The van der Waals surface area contributed by atoms with E-state index in [1.807, 2.05) is 38.1 Å². The first kappa shape index (κ1) is 20.6. The first-order valence-electron chi connectivity index (χ1n) is 9.38. The van der Waals surface area contributed by atoms with Gasteiger partial charge in [0.15, 0.2) is 0 Å². The molecule has 0 radical (unpaired) electrons. The average Bonchev–Trinajstić information content (AvgIpc) is 2.96. The molecule has 1 unspecified atom stereocenters. The van der Waals surface area contributed by atoms with E-state index in [9.17, 15) is 14.7 Å². The number of ketones is 1. The summed E-state index contributed by atoms with van der Waals surface area (Å²) in [6.07, 6.45) is 0. The molecule has 6 heteroatoms. The Labute approximate surface area is 170 Å². The second-order valence-corrected chi connectivity index (χ2v) is 7.02. The van der Waals surface area contributed by atoms with E-state index in [0.717, 1.165) is 16.7 Å². The Kier molecular flexibility index (Phi) is 6.03. The molecule has 1 amide bonds. The maximum absolute atomic E-state index is 12.9. The van der Waals surface area contributed by atoms with Crippen LogP contribution in [-0.2, 0) is 14.3 Å². The van der Waals surface area contributed by atoms with Gasteiger partial charge in [-0.1, -0.05) is 24.3 Å². The number of methoxy groups -OCH3 is 2. The molecule has 1 saturated heterocycles. The van der Waals surface area contributed by atoms with Gasteiger partial charge < -0.3 is 19.5 Å². The molecule has 1 heterocycles. The highest BCUT2D eigenvalue weighted by molar-refractivity contribution is 6.46. The van der Waals surface area contributed by atoms with Gasteiger partial charge in [-0.25, -0.2) is 0 Å². The van der Waals surface area contributed by atoms with Crippen LogP contribution in [0.3, 0.4) is 0 Å². The molecular formula is C23H25NO5. The normalized spacial score (nSPS) is 18.3. The van der Waals surface area contributed by atoms with Gasteiger partial charge in [-0.2, -0.15) is 0 Å². The minimum absolute atomic E-state index is 0.0914. The lowest BCUT2D eigenvalue weighted by Gasteiger charge is -2.26. The van der Waals surface area contributed by atoms with Crippen molar-refractivity contribution in [2.75, 3.05) is 27.4 Å². The lowest BCUT2D eigenvalue weighted by molar-refractivity contribution is -0.140. The number of hydrogen-bond donors (Lipinski definition) is 1. The maximum atomic E-state index is 12.9. The molecule has 0 bridgehead atoms. The van der Waals surface area contributed by atoms with Crippen molar-refractivity contribution in [2.24, 2.45) is 0 Å². The zero-order chi connectivity index (χ0) is 21.1. The minimum atomic E-state index is -0.693. The van der Waals surface area contributed by atoms with Gasteiger partial charge in [0.1, 0.15) is 11.5 Å². The topological polar surface area (TPSA) is 76.1 Å². The minimum Gasteiger partial charge on any atom is -0.507 e. The number of ether oxygens (including phenoxy) is 2. The molecular weight excluding hydrogens is 370 g/mol. The Balaban J connectivity index is 2.21. The molecule has 3 rings (SSSR count). The van der Waals surface area contributed by atoms with Crippen molar-refractivity contribution in [3.63, 3.8) is 0 Å². The van der Waals surface area contributed by atoms with Gasteiger partial charge in [-0.15, -0.1) is 0 Å². The summed E-state index contributed by atoms with van der Waals surface area (Å²) in [6.45, 7) is 4.28. The molecule has 1 N–H and O–H groups in total. The lowest BCUT2D eigenvalue weighted by Crippen LogP contribution is -2.33. The van der Waals surface area contributed by atoms with Gasteiger partial charge in [-0.3, -0.25) is 9.59 Å². The number of likely N-dealkylation sites (tertiary alicyclic amines) is 1. The quantitative estimate of drug-likeness (QED) is 0.461. The fourth-order valence-corrected chi connectivity index (χ4v) is 3.69. The Bertz CT molecular complexity index is 979. The van der Waals surface area contributed by atoms with Crippen molar-refractivity contribution in [3.8, 4) is 5.75 Å². The summed E-state index contributed by atoms with van der Waals surface area (Å²) < 4.78 is 10.3. The van der Waals surface area contributed by atoms with Crippen LogP contribution < -0.4 is 4.74 Å². The molecule has 1 aliphatic rings. The summed E-state index contributed by atoms with van der Waals surface area (Å²) in [5.41, 5.74) is 3.06. The van der Waals surface area contributed by atoms with Crippen molar-refractivity contribution in [3.05, 3.63) is 70.3 Å². The Hall–Kier alpha value is -3.12. The fraction of sp³-hybridized carbons (Fsp3) is 0.304. The van der Waals surface area contributed by atoms with Crippen molar-refractivity contribution in [1.29, 1.82) is 0 Å². The highest BCUT2D eigenvalue weighted by atomic mass is 16.5. The van der Waals surface area contributed by atoms with Crippen LogP contribution in [-0.4, -0.2) is 49.1 Å². The molecule has 6 nitrogen and oxygen atoms in total. The van der Waals surface area contributed by atoms with Crippen LogP contribution in [0.25, 0.3) is 5.76 Å². The van der Waals surface area contributed by atoms with E-state index < -0.39 is 17.7 Å². The molecule has 29 heavy (non-hydrogen) atoms. The van der Waals surface area contributed by atoms with Crippen LogP contribution in [0.1, 0.15) is 28.3 Å². The van der Waals surface area contributed by atoms with Crippen LogP contribution >= 0.6 is 0 Å². The van der Waals surface area contributed by atoms with Gasteiger partial charge in [0.2, 0.25) is 0 Å².